The zero-order valence-electron chi connectivity index (χ0n) is 6.92. The van der Waals surface area contributed by atoms with Gasteiger partial charge in [0.05, 0.1) is 6.61 Å². The average Bonchev–Trinajstić information content (AvgIpc) is 2.30. The summed E-state index contributed by atoms with van der Waals surface area (Å²) in [6.45, 7) is -4.49. The molecule has 9 heteroatoms. The van der Waals surface area contributed by atoms with Crippen LogP contribution in [0, 0.1) is 0 Å². The normalized spacial score (nSPS) is 38.9. The van der Waals surface area contributed by atoms with E-state index in [0.717, 1.165) is 0 Å². The predicted molar refractivity (Wildman–Crippen MR) is 47.6 cm³/mol. The number of rotatable bonds is 3. The van der Waals surface area contributed by atoms with Crippen LogP contribution >= 0.6 is 6.72 Å². The minimum absolute atomic E-state index is 0.534. The smallest absolute Gasteiger partial charge is 0.322 e. The highest BCUT2D eigenvalue weighted by Crippen LogP contribution is 2.41. The van der Waals surface area contributed by atoms with E-state index < -0.39 is 37.9 Å². The summed E-state index contributed by atoms with van der Waals surface area (Å²) < 4.78 is 9.19. The molecule has 0 amide bonds. The van der Waals surface area contributed by atoms with Crippen molar-refractivity contribution in [1.82, 2.24) is 0 Å². The largest absolute Gasteiger partial charge is 0.394 e. The highest BCUT2D eigenvalue weighted by Gasteiger charge is 2.45. The van der Waals surface area contributed by atoms with Gasteiger partial charge in [0.1, 0.15) is 18.3 Å². The van der Waals surface area contributed by atoms with Gasteiger partial charge in [0, 0.05) is 0 Å². The standard InChI is InChI=1S/C5H11O7PS/c6-1-2-4(12-13(9,10)14)3(7)5(8)11-2/h2-8H,1H2,(H2,9,10,14)/t2-,3?,4?,5-/m1/s1. The van der Waals surface area contributed by atoms with E-state index in [0.29, 0.717) is 0 Å². The van der Waals surface area contributed by atoms with Gasteiger partial charge in [-0.05, 0) is 11.8 Å². The fraction of sp³-hybridized carbons (Fsp3) is 1.00. The Balaban J connectivity index is 2.69. The maximum atomic E-state index is 9.26. The van der Waals surface area contributed by atoms with Crippen molar-refractivity contribution in [3.05, 3.63) is 0 Å². The Morgan fingerprint density at radius 1 is 1.36 bits per heavy atom. The number of ether oxygens (including phenoxy) is 1. The van der Waals surface area contributed by atoms with Crippen molar-refractivity contribution in [3.63, 3.8) is 0 Å². The lowest BCUT2D eigenvalue weighted by Crippen LogP contribution is -2.35. The predicted octanol–water partition coefficient (Wildman–Crippen LogP) is -2.35. The summed E-state index contributed by atoms with van der Waals surface area (Å²) in [7, 11) is 0. The van der Waals surface area contributed by atoms with Crippen molar-refractivity contribution in [2.75, 3.05) is 6.61 Å². The highest BCUT2D eigenvalue weighted by molar-refractivity contribution is 8.06. The molecule has 5 N–H and O–H groups in total. The molecule has 0 bridgehead atoms. The Labute approximate surface area is 84.8 Å². The summed E-state index contributed by atoms with van der Waals surface area (Å²) in [5, 5.41) is 27.0. The number of hydrogen-bond donors (Lipinski definition) is 5. The van der Waals surface area contributed by atoms with Gasteiger partial charge in [-0.3, -0.25) is 4.52 Å². The van der Waals surface area contributed by atoms with Gasteiger partial charge in [0.25, 0.3) is 0 Å². The molecule has 4 atom stereocenters. The van der Waals surface area contributed by atoms with Gasteiger partial charge in [-0.25, -0.2) is 0 Å². The summed E-state index contributed by atoms with van der Waals surface area (Å²) in [6.07, 6.45) is -5.26. The molecule has 0 aromatic rings. The maximum absolute atomic E-state index is 9.26. The van der Waals surface area contributed by atoms with Crippen LogP contribution in [0.1, 0.15) is 0 Å². The van der Waals surface area contributed by atoms with Crippen LogP contribution in [0.15, 0.2) is 0 Å². The Kier molecular flexibility index (Phi) is 3.98. The first-order chi connectivity index (χ1) is 6.35. The van der Waals surface area contributed by atoms with E-state index in [1.54, 1.807) is 0 Å². The minimum atomic E-state index is -3.96. The summed E-state index contributed by atoms with van der Waals surface area (Å²) in [5.74, 6) is 0. The Morgan fingerprint density at radius 2 is 1.93 bits per heavy atom. The third-order valence-electron chi connectivity index (χ3n) is 1.75. The third kappa shape index (κ3) is 2.93. The van der Waals surface area contributed by atoms with Crippen LogP contribution in [-0.4, -0.2) is 56.3 Å². The van der Waals surface area contributed by atoms with Crippen molar-refractivity contribution in [1.29, 1.82) is 0 Å². The van der Waals surface area contributed by atoms with E-state index in [-0.39, 0.29) is 0 Å². The van der Waals surface area contributed by atoms with E-state index in [2.05, 4.69) is 21.1 Å². The first kappa shape index (κ1) is 12.4. The molecule has 0 spiro atoms. The number of aliphatic hydroxyl groups excluding tert-OH is 3. The molecule has 0 radical (unpaired) electrons. The Hall–Kier alpha value is 0.370. The molecule has 1 fully saturated rings. The van der Waals surface area contributed by atoms with Gasteiger partial charge < -0.3 is 29.8 Å². The van der Waals surface area contributed by atoms with Gasteiger partial charge in [-0.15, -0.1) is 0 Å². The second-order valence-corrected chi connectivity index (χ2v) is 5.42. The lowest BCUT2D eigenvalue weighted by Gasteiger charge is -2.20. The molecular formula is C5H11O7PS. The molecule has 1 saturated heterocycles. The van der Waals surface area contributed by atoms with Crippen molar-refractivity contribution in [3.8, 4) is 0 Å². The van der Waals surface area contributed by atoms with Crippen LogP contribution in [0.5, 0.6) is 0 Å². The zero-order chi connectivity index (χ0) is 10.9. The van der Waals surface area contributed by atoms with Crippen LogP contribution < -0.4 is 0 Å². The molecule has 14 heavy (non-hydrogen) atoms. The quantitative estimate of drug-likeness (QED) is 0.351. The fourth-order valence-electron chi connectivity index (χ4n) is 1.15. The SMILES string of the molecule is OC[C@H]1O[C@@H](O)C(O)C1OP(O)(O)=S. The number of aliphatic hydroxyl groups is 3. The van der Waals surface area contributed by atoms with Gasteiger partial charge in [-0.2, -0.15) is 0 Å². The summed E-state index contributed by atoms with van der Waals surface area (Å²) in [6, 6.07) is 0. The molecule has 84 valence electrons. The van der Waals surface area contributed by atoms with Crippen LogP contribution in [-0.2, 0) is 21.1 Å². The summed E-state index contributed by atoms with van der Waals surface area (Å²) >= 11 is 4.18. The second kappa shape index (κ2) is 4.48. The summed E-state index contributed by atoms with van der Waals surface area (Å²) in [4.78, 5) is 17.6. The molecule has 1 heterocycles. The lowest BCUT2D eigenvalue weighted by molar-refractivity contribution is -0.132. The minimum Gasteiger partial charge on any atom is -0.394 e. The van der Waals surface area contributed by atoms with Gasteiger partial charge in [-0.1, -0.05) is 0 Å². The van der Waals surface area contributed by atoms with Crippen molar-refractivity contribution >= 4 is 18.5 Å². The second-order valence-electron chi connectivity index (χ2n) is 2.80. The molecule has 1 rings (SSSR count). The van der Waals surface area contributed by atoms with Gasteiger partial charge in [0.15, 0.2) is 6.29 Å². The van der Waals surface area contributed by atoms with E-state index in [1.165, 1.54) is 0 Å². The average molecular weight is 246 g/mol. The topological polar surface area (TPSA) is 120 Å². The Morgan fingerprint density at radius 3 is 2.36 bits per heavy atom. The molecule has 1 aliphatic heterocycles. The molecule has 0 aromatic heterocycles. The van der Waals surface area contributed by atoms with E-state index >= 15 is 0 Å². The molecule has 0 saturated carbocycles. The molecule has 0 aromatic carbocycles. The van der Waals surface area contributed by atoms with E-state index in [9.17, 15) is 5.11 Å². The van der Waals surface area contributed by atoms with Crippen LogP contribution in [0.4, 0.5) is 0 Å². The maximum Gasteiger partial charge on any atom is 0.322 e. The molecule has 1 aliphatic rings. The highest BCUT2D eigenvalue weighted by atomic mass is 32.5. The van der Waals surface area contributed by atoms with Crippen molar-refractivity contribution < 1.29 is 34.4 Å². The van der Waals surface area contributed by atoms with Gasteiger partial charge in [0.2, 0.25) is 0 Å². The first-order valence-electron chi connectivity index (χ1n) is 3.71. The zero-order valence-corrected chi connectivity index (χ0v) is 8.64. The van der Waals surface area contributed by atoms with E-state index in [1.807, 2.05) is 0 Å². The summed E-state index contributed by atoms with van der Waals surface area (Å²) in [5.41, 5.74) is 0. The first-order valence-corrected chi connectivity index (χ1v) is 6.34. The molecule has 0 aliphatic carbocycles. The Bertz CT molecular complexity index is 242. The molecule has 7 nitrogen and oxygen atoms in total. The monoisotopic (exact) mass is 246 g/mol. The molecular weight excluding hydrogens is 235 g/mol. The third-order valence-corrected chi connectivity index (χ3v) is 2.52. The van der Waals surface area contributed by atoms with Gasteiger partial charge >= 0.3 is 6.72 Å². The van der Waals surface area contributed by atoms with E-state index in [4.69, 9.17) is 20.0 Å². The van der Waals surface area contributed by atoms with Crippen LogP contribution in [0.2, 0.25) is 0 Å². The van der Waals surface area contributed by atoms with Crippen molar-refractivity contribution in [2.45, 2.75) is 24.6 Å². The number of hydrogen-bond acceptors (Lipinski definition) is 6. The van der Waals surface area contributed by atoms with Crippen LogP contribution in [0.25, 0.3) is 0 Å². The molecule has 2 unspecified atom stereocenters. The lowest BCUT2D eigenvalue weighted by atomic mass is 10.1. The fourth-order valence-corrected chi connectivity index (χ4v) is 2.03. The van der Waals surface area contributed by atoms with Crippen molar-refractivity contribution in [2.24, 2.45) is 0 Å². The van der Waals surface area contributed by atoms with Crippen LogP contribution in [0.3, 0.4) is 0 Å².